The molecule has 2 heterocycles. The number of piperidine rings is 1. The lowest BCUT2D eigenvalue weighted by Gasteiger charge is -2.31. The molecule has 1 aliphatic rings. The maximum atomic E-state index is 15.1. The molecule has 13 heteroatoms. The fraction of sp³-hybridized carbons (Fsp3) is 0.323. The first-order valence-corrected chi connectivity index (χ1v) is 14.6. The lowest BCUT2D eigenvalue weighted by Crippen LogP contribution is -2.44. The van der Waals surface area contributed by atoms with Gasteiger partial charge in [0, 0.05) is 31.3 Å². The zero-order valence-electron chi connectivity index (χ0n) is 23.4. The third-order valence-electron chi connectivity index (χ3n) is 7.53. The van der Waals surface area contributed by atoms with Gasteiger partial charge in [0.15, 0.2) is 17.7 Å². The number of carbonyl (C=O) groups is 1. The molecule has 0 atom stereocenters. The van der Waals surface area contributed by atoms with Crippen LogP contribution in [0.3, 0.4) is 0 Å². The van der Waals surface area contributed by atoms with Crippen LogP contribution in [0.2, 0.25) is 10.0 Å². The van der Waals surface area contributed by atoms with E-state index in [1.54, 1.807) is 47.4 Å². The van der Waals surface area contributed by atoms with E-state index >= 15 is 4.39 Å². The number of hydrogen-bond donors (Lipinski definition) is 0. The van der Waals surface area contributed by atoms with E-state index in [1.165, 1.54) is 4.57 Å². The molecular weight excluding hydrogens is 622 g/mol. The van der Waals surface area contributed by atoms with Crippen LogP contribution in [-0.4, -0.2) is 53.0 Å². The predicted octanol–water partition coefficient (Wildman–Crippen LogP) is 5.72. The Morgan fingerprint density at radius 2 is 1.61 bits per heavy atom. The number of likely N-dealkylation sites (tertiary alicyclic amines) is 1. The Labute approximate surface area is 260 Å². The van der Waals surface area contributed by atoms with Crippen LogP contribution in [-0.2, 0) is 17.9 Å². The summed E-state index contributed by atoms with van der Waals surface area (Å²) in [6.45, 7) is -1.49. The molecule has 1 aliphatic heterocycles. The van der Waals surface area contributed by atoms with Gasteiger partial charge in [0.2, 0.25) is 6.41 Å². The van der Waals surface area contributed by atoms with Crippen molar-refractivity contribution in [3.8, 4) is 11.5 Å². The van der Waals surface area contributed by atoms with Crippen LogP contribution in [0.15, 0.2) is 64.2 Å². The van der Waals surface area contributed by atoms with Gasteiger partial charge in [0.1, 0.15) is 25.7 Å². The molecule has 0 aliphatic carbocycles. The first-order chi connectivity index (χ1) is 21.2. The van der Waals surface area contributed by atoms with Gasteiger partial charge in [-0.1, -0.05) is 47.5 Å². The van der Waals surface area contributed by atoms with Gasteiger partial charge >= 0.3 is 5.69 Å². The number of amides is 1. The van der Waals surface area contributed by atoms with Gasteiger partial charge < -0.3 is 14.4 Å². The summed E-state index contributed by atoms with van der Waals surface area (Å²) in [5.41, 5.74) is 0.144. The number of fused-ring (bicyclic) bond motifs is 1. The van der Waals surface area contributed by atoms with E-state index in [1.807, 2.05) is 0 Å². The first-order valence-electron chi connectivity index (χ1n) is 13.8. The van der Waals surface area contributed by atoms with Gasteiger partial charge in [0.25, 0.3) is 5.56 Å². The van der Waals surface area contributed by atoms with Gasteiger partial charge in [-0.15, -0.1) is 0 Å². The fourth-order valence-electron chi connectivity index (χ4n) is 5.15. The lowest BCUT2D eigenvalue weighted by atomic mass is 10.0. The number of nitrogens with zero attached hydrogens (tertiary/aromatic N) is 3. The van der Waals surface area contributed by atoms with Crippen LogP contribution in [0.4, 0.5) is 13.2 Å². The highest BCUT2D eigenvalue weighted by Gasteiger charge is 2.26. The lowest BCUT2D eigenvalue weighted by molar-refractivity contribution is -0.119. The quantitative estimate of drug-likeness (QED) is 0.194. The molecule has 3 aromatic carbocycles. The molecule has 5 rings (SSSR count). The van der Waals surface area contributed by atoms with Crippen LogP contribution in [0, 0.1) is 5.82 Å². The van der Waals surface area contributed by atoms with E-state index in [-0.39, 0.29) is 24.1 Å². The number of halogens is 5. The second kappa shape index (κ2) is 13.8. The summed E-state index contributed by atoms with van der Waals surface area (Å²) in [6, 6.07) is 13.7. The molecule has 44 heavy (non-hydrogen) atoms. The summed E-state index contributed by atoms with van der Waals surface area (Å²) in [7, 11) is 0. The largest absolute Gasteiger partial charge is 0.489 e. The van der Waals surface area contributed by atoms with Crippen molar-refractivity contribution in [3.05, 3.63) is 102 Å². The average Bonchev–Trinajstić information content (AvgIpc) is 3.04. The molecule has 1 aromatic heterocycles. The molecule has 0 radical (unpaired) electrons. The second-order valence-electron chi connectivity index (χ2n) is 10.4. The van der Waals surface area contributed by atoms with Gasteiger partial charge in [-0.3, -0.25) is 18.7 Å². The minimum absolute atomic E-state index is 0.0394. The van der Waals surface area contributed by atoms with Gasteiger partial charge in [-0.2, -0.15) is 0 Å². The molecule has 1 amide bonds. The normalized spacial score (nSPS) is 13.9. The molecular formula is C31H28Cl2F3N3O5. The number of alkyl halides is 2. The third kappa shape index (κ3) is 6.73. The standard InChI is InChI=1S/C31H28Cl2F3N3O5/c32-25-6-5-22(11-26(25)33)43-17-20-3-1-19(2-4-20)16-38-30(41)24-12-29(44-23(14-34)15-35)27(36)13-28(24)39(31(38)42)21-7-9-37(18-40)10-8-21/h1-6,11-13,18,21,23H,7-10,14-17H2. The number of carbonyl (C=O) groups excluding carboxylic acids is 1. The van der Waals surface area contributed by atoms with Crippen molar-refractivity contribution >= 4 is 40.5 Å². The van der Waals surface area contributed by atoms with E-state index < -0.39 is 48.3 Å². The molecule has 0 bridgehead atoms. The summed E-state index contributed by atoms with van der Waals surface area (Å²) in [4.78, 5) is 40.4. The summed E-state index contributed by atoms with van der Waals surface area (Å²) in [5.74, 6) is -0.915. The van der Waals surface area contributed by atoms with Crippen molar-refractivity contribution in [2.45, 2.75) is 38.1 Å². The van der Waals surface area contributed by atoms with Crippen molar-refractivity contribution < 1.29 is 27.4 Å². The van der Waals surface area contributed by atoms with E-state index in [0.29, 0.717) is 47.3 Å². The summed E-state index contributed by atoms with van der Waals surface area (Å²) in [6.07, 6.45) is 0.00479. The molecule has 0 N–H and O–H groups in total. The zero-order valence-corrected chi connectivity index (χ0v) is 24.9. The third-order valence-corrected chi connectivity index (χ3v) is 8.27. The molecule has 1 saturated heterocycles. The summed E-state index contributed by atoms with van der Waals surface area (Å²) < 4.78 is 54.7. The number of ether oxygens (including phenoxy) is 2. The molecule has 8 nitrogen and oxygen atoms in total. The minimum atomic E-state index is -1.54. The molecule has 4 aromatic rings. The SMILES string of the molecule is O=CN1CCC(n2c(=O)n(Cc3ccc(COc4ccc(Cl)c(Cl)c4)cc3)c(=O)c3cc(OC(CF)CF)c(F)cc32)CC1. The van der Waals surface area contributed by atoms with Gasteiger partial charge in [0.05, 0.1) is 27.5 Å². The Hall–Kier alpha value is -3.96. The predicted molar refractivity (Wildman–Crippen MR) is 161 cm³/mol. The molecule has 0 unspecified atom stereocenters. The number of aromatic nitrogens is 2. The fourth-order valence-corrected chi connectivity index (χ4v) is 5.44. The smallest absolute Gasteiger partial charge is 0.332 e. The van der Waals surface area contributed by atoms with E-state index in [0.717, 1.165) is 28.7 Å². The van der Waals surface area contributed by atoms with Crippen molar-refractivity contribution in [2.75, 3.05) is 26.4 Å². The van der Waals surface area contributed by atoms with Gasteiger partial charge in [-0.25, -0.2) is 18.0 Å². The Balaban J connectivity index is 1.49. The number of rotatable bonds is 11. The molecule has 232 valence electrons. The first kappa shape index (κ1) is 31.5. The Kier molecular flexibility index (Phi) is 9.85. The van der Waals surface area contributed by atoms with Gasteiger partial charge in [-0.05, 0) is 42.2 Å². The summed E-state index contributed by atoms with van der Waals surface area (Å²) >= 11 is 12.0. The van der Waals surface area contributed by atoms with E-state index in [4.69, 9.17) is 32.7 Å². The Morgan fingerprint density at radius 1 is 0.932 bits per heavy atom. The van der Waals surface area contributed by atoms with Crippen LogP contribution >= 0.6 is 23.2 Å². The van der Waals surface area contributed by atoms with E-state index in [2.05, 4.69) is 0 Å². The van der Waals surface area contributed by atoms with Crippen LogP contribution in [0.25, 0.3) is 10.9 Å². The zero-order chi connectivity index (χ0) is 31.4. The Morgan fingerprint density at radius 3 is 2.25 bits per heavy atom. The second-order valence-corrected chi connectivity index (χ2v) is 11.3. The van der Waals surface area contributed by atoms with Crippen LogP contribution in [0.5, 0.6) is 11.5 Å². The van der Waals surface area contributed by atoms with Crippen LogP contribution in [0.1, 0.15) is 30.0 Å². The average molecular weight is 650 g/mol. The molecule has 1 fully saturated rings. The Bertz CT molecular complexity index is 1770. The summed E-state index contributed by atoms with van der Waals surface area (Å²) in [5, 5.41) is 0.740. The van der Waals surface area contributed by atoms with Crippen molar-refractivity contribution in [1.82, 2.24) is 14.0 Å². The topological polar surface area (TPSA) is 82.8 Å². The monoisotopic (exact) mass is 649 g/mol. The minimum Gasteiger partial charge on any atom is -0.489 e. The van der Waals surface area contributed by atoms with Crippen LogP contribution < -0.4 is 20.7 Å². The number of hydrogen-bond acceptors (Lipinski definition) is 5. The maximum Gasteiger partial charge on any atom is 0.332 e. The highest BCUT2D eigenvalue weighted by molar-refractivity contribution is 6.42. The molecule has 0 spiro atoms. The van der Waals surface area contributed by atoms with Crippen molar-refractivity contribution in [1.29, 1.82) is 0 Å². The highest BCUT2D eigenvalue weighted by Crippen LogP contribution is 2.29. The molecule has 0 saturated carbocycles. The van der Waals surface area contributed by atoms with Crippen molar-refractivity contribution in [2.24, 2.45) is 0 Å². The van der Waals surface area contributed by atoms with Crippen molar-refractivity contribution in [3.63, 3.8) is 0 Å². The van der Waals surface area contributed by atoms with E-state index in [9.17, 15) is 23.2 Å². The number of benzene rings is 3. The maximum absolute atomic E-state index is 15.1. The highest BCUT2D eigenvalue weighted by atomic mass is 35.5.